The van der Waals surface area contributed by atoms with Gasteiger partial charge in [-0.15, -0.1) is 11.3 Å². The van der Waals surface area contributed by atoms with Crippen molar-refractivity contribution in [1.29, 1.82) is 5.26 Å². The van der Waals surface area contributed by atoms with Crippen LogP contribution in [0.1, 0.15) is 32.1 Å². The average molecular weight is 249 g/mol. The molecule has 0 amide bonds. The number of thiophene rings is 1. The van der Waals surface area contributed by atoms with Crippen LogP contribution in [0.3, 0.4) is 0 Å². The molecule has 2 atom stereocenters. The molecule has 1 saturated carbocycles. The van der Waals surface area contributed by atoms with Crippen molar-refractivity contribution in [2.75, 3.05) is 0 Å². The topological polar surface area (TPSA) is 50.1 Å². The highest BCUT2D eigenvalue weighted by atomic mass is 32.1. The molecule has 0 aromatic carbocycles. The Morgan fingerprint density at radius 3 is 2.82 bits per heavy atom. The molecule has 90 valence electrons. The molecule has 3 nitrogen and oxygen atoms in total. The Balaban J connectivity index is 2.13. The summed E-state index contributed by atoms with van der Waals surface area (Å²) in [6, 6.07) is 6.10. The highest BCUT2D eigenvalue weighted by Gasteiger charge is 2.62. The van der Waals surface area contributed by atoms with Gasteiger partial charge in [-0.05, 0) is 38.6 Å². The van der Waals surface area contributed by atoms with E-state index in [-0.39, 0.29) is 11.9 Å². The van der Waals surface area contributed by atoms with Crippen LogP contribution >= 0.6 is 11.3 Å². The predicted octanol–water partition coefficient (Wildman–Crippen LogP) is 2.87. The third-order valence-corrected chi connectivity index (χ3v) is 3.86. The van der Waals surface area contributed by atoms with Gasteiger partial charge in [-0.25, -0.2) is 0 Å². The molecule has 0 spiro atoms. The number of carbonyl (C=O) groups excluding carboxylic acids is 1. The summed E-state index contributed by atoms with van der Waals surface area (Å²) in [5, 5.41) is 11.2. The lowest BCUT2D eigenvalue weighted by atomic mass is 10.0. The lowest BCUT2D eigenvalue weighted by Gasteiger charge is -2.20. The van der Waals surface area contributed by atoms with Crippen LogP contribution in [0.2, 0.25) is 0 Å². The van der Waals surface area contributed by atoms with E-state index in [9.17, 15) is 10.1 Å². The van der Waals surface area contributed by atoms with E-state index in [0.717, 1.165) is 4.88 Å². The lowest BCUT2D eigenvalue weighted by molar-refractivity contribution is -0.156. The molecule has 0 radical (unpaired) electrons. The number of hydrogen-bond acceptors (Lipinski definition) is 4. The zero-order valence-corrected chi connectivity index (χ0v) is 11.0. The molecule has 1 aliphatic rings. The van der Waals surface area contributed by atoms with Crippen molar-refractivity contribution in [3.8, 4) is 6.07 Å². The van der Waals surface area contributed by atoms with Crippen molar-refractivity contribution >= 4 is 17.3 Å². The third-order valence-electron chi connectivity index (χ3n) is 2.81. The zero-order valence-electron chi connectivity index (χ0n) is 10.2. The van der Waals surface area contributed by atoms with Gasteiger partial charge in [0.25, 0.3) is 0 Å². The van der Waals surface area contributed by atoms with Gasteiger partial charge in [-0.3, -0.25) is 4.79 Å². The first-order valence-electron chi connectivity index (χ1n) is 5.57. The standard InChI is InChI=1S/C13H15NO2S/c1-12(2,3)16-11(15)9-7-13(9,8-14)10-5-4-6-17-10/h4-6,9H,7H2,1-3H3/t9-,13-/m0/s1. The number of carbonyl (C=O) groups is 1. The number of esters is 1. The molecule has 0 N–H and O–H groups in total. The summed E-state index contributed by atoms with van der Waals surface area (Å²) in [6.07, 6.45) is 0.582. The summed E-state index contributed by atoms with van der Waals surface area (Å²) in [7, 11) is 0. The van der Waals surface area contributed by atoms with Crippen LogP contribution in [0.4, 0.5) is 0 Å². The second kappa shape index (κ2) is 3.85. The molecule has 1 aromatic heterocycles. The quantitative estimate of drug-likeness (QED) is 0.757. The van der Waals surface area contributed by atoms with Crippen LogP contribution in [0.5, 0.6) is 0 Å². The SMILES string of the molecule is CC(C)(C)OC(=O)[C@@H]1C[C@@]1(C#N)c1cccs1. The molecule has 17 heavy (non-hydrogen) atoms. The van der Waals surface area contributed by atoms with E-state index in [4.69, 9.17) is 4.74 Å². The monoisotopic (exact) mass is 249 g/mol. The average Bonchev–Trinajstić information content (AvgIpc) is 2.72. The fourth-order valence-corrected chi connectivity index (χ4v) is 2.85. The first kappa shape index (κ1) is 12.1. The van der Waals surface area contributed by atoms with Gasteiger partial charge in [0.15, 0.2) is 0 Å². The fraction of sp³-hybridized carbons (Fsp3) is 0.538. The fourth-order valence-electron chi connectivity index (χ4n) is 1.90. The molecule has 2 rings (SSSR count). The van der Waals surface area contributed by atoms with E-state index < -0.39 is 11.0 Å². The van der Waals surface area contributed by atoms with Crippen molar-refractivity contribution in [1.82, 2.24) is 0 Å². The molecule has 1 fully saturated rings. The second-order valence-electron chi connectivity index (χ2n) is 5.35. The van der Waals surface area contributed by atoms with E-state index in [1.165, 1.54) is 11.3 Å². The van der Waals surface area contributed by atoms with Crippen molar-refractivity contribution in [3.63, 3.8) is 0 Å². The minimum absolute atomic E-state index is 0.257. The van der Waals surface area contributed by atoms with E-state index in [0.29, 0.717) is 6.42 Å². The summed E-state index contributed by atoms with van der Waals surface area (Å²) < 4.78 is 5.33. The Morgan fingerprint density at radius 2 is 2.35 bits per heavy atom. The van der Waals surface area contributed by atoms with E-state index in [1.807, 2.05) is 38.3 Å². The van der Waals surface area contributed by atoms with Crippen LogP contribution in [0.15, 0.2) is 17.5 Å². The molecular formula is C13H15NO2S. The van der Waals surface area contributed by atoms with Crippen LogP contribution in [0, 0.1) is 17.2 Å². The van der Waals surface area contributed by atoms with E-state index in [1.54, 1.807) is 0 Å². The van der Waals surface area contributed by atoms with Gasteiger partial charge in [0.05, 0.1) is 12.0 Å². The maximum Gasteiger partial charge on any atom is 0.311 e. The Labute approximate surface area is 105 Å². The van der Waals surface area contributed by atoms with Crippen LogP contribution < -0.4 is 0 Å². The third kappa shape index (κ3) is 2.20. The van der Waals surface area contributed by atoms with Crippen LogP contribution in [-0.2, 0) is 14.9 Å². The molecule has 1 aromatic rings. The van der Waals surface area contributed by atoms with Crippen LogP contribution in [0.25, 0.3) is 0 Å². The van der Waals surface area contributed by atoms with Gasteiger partial charge in [0.1, 0.15) is 11.0 Å². The minimum atomic E-state index is -0.628. The smallest absolute Gasteiger partial charge is 0.311 e. The highest BCUT2D eigenvalue weighted by Crippen LogP contribution is 2.56. The molecule has 0 unspecified atom stereocenters. The molecule has 1 heterocycles. The summed E-state index contributed by atoms with van der Waals surface area (Å²) in [5.41, 5.74) is -1.12. The molecule has 1 aliphatic carbocycles. The van der Waals surface area contributed by atoms with E-state index in [2.05, 4.69) is 6.07 Å². The second-order valence-corrected chi connectivity index (χ2v) is 6.30. The Kier molecular flexibility index (Phi) is 2.75. The predicted molar refractivity (Wildman–Crippen MR) is 65.6 cm³/mol. The molecule has 4 heteroatoms. The number of nitrogens with zero attached hydrogens (tertiary/aromatic N) is 1. The van der Waals surface area contributed by atoms with Crippen molar-refractivity contribution in [2.45, 2.75) is 38.2 Å². The van der Waals surface area contributed by atoms with Gasteiger partial charge < -0.3 is 4.74 Å². The Hall–Kier alpha value is -1.34. The highest BCUT2D eigenvalue weighted by molar-refractivity contribution is 7.10. The maximum absolute atomic E-state index is 11.9. The Morgan fingerprint density at radius 1 is 1.65 bits per heavy atom. The zero-order chi connectivity index (χ0) is 12.7. The minimum Gasteiger partial charge on any atom is -0.460 e. The van der Waals surface area contributed by atoms with Crippen LogP contribution in [-0.4, -0.2) is 11.6 Å². The molecule has 0 aliphatic heterocycles. The Bertz CT molecular complexity index is 467. The van der Waals surface area contributed by atoms with E-state index >= 15 is 0 Å². The van der Waals surface area contributed by atoms with Gasteiger partial charge in [0.2, 0.25) is 0 Å². The van der Waals surface area contributed by atoms with Gasteiger partial charge in [-0.2, -0.15) is 5.26 Å². The normalized spacial score (nSPS) is 27.3. The molecule has 0 saturated heterocycles. The van der Waals surface area contributed by atoms with Crippen molar-refractivity contribution in [3.05, 3.63) is 22.4 Å². The van der Waals surface area contributed by atoms with Gasteiger partial charge in [0, 0.05) is 4.88 Å². The number of rotatable bonds is 2. The van der Waals surface area contributed by atoms with Gasteiger partial charge >= 0.3 is 5.97 Å². The molecule has 0 bridgehead atoms. The number of ether oxygens (including phenoxy) is 1. The molecular weight excluding hydrogens is 234 g/mol. The summed E-state index contributed by atoms with van der Waals surface area (Å²) in [5.74, 6) is -0.558. The van der Waals surface area contributed by atoms with Crippen molar-refractivity contribution in [2.24, 2.45) is 5.92 Å². The van der Waals surface area contributed by atoms with Crippen molar-refractivity contribution < 1.29 is 9.53 Å². The number of nitriles is 1. The number of hydrogen-bond donors (Lipinski definition) is 0. The summed E-state index contributed by atoms with van der Waals surface area (Å²) in [6.45, 7) is 5.52. The van der Waals surface area contributed by atoms with Gasteiger partial charge in [-0.1, -0.05) is 6.07 Å². The first-order chi connectivity index (χ1) is 7.89. The maximum atomic E-state index is 11.9. The summed E-state index contributed by atoms with van der Waals surface area (Å²) in [4.78, 5) is 12.9. The first-order valence-corrected chi connectivity index (χ1v) is 6.45. The summed E-state index contributed by atoms with van der Waals surface area (Å²) >= 11 is 1.53. The largest absolute Gasteiger partial charge is 0.460 e. The lowest BCUT2D eigenvalue weighted by Crippen LogP contribution is -2.26.